The van der Waals surface area contributed by atoms with Crippen LogP contribution in [0, 0.1) is 0 Å². The minimum absolute atomic E-state index is 0.286. The van der Waals surface area contributed by atoms with Crippen LogP contribution in [0.3, 0.4) is 0 Å². The van der Waals surface area contributed by atoms with E-state index in [1.165, 1.54) is 36.3 Å². The Bertz CT molecular complexity index is 775. The predicted molar refractivity (Wildman–Crippen MR) is 108 cm³/mol. The van der Waals surface area contributed by atoms with Crippen LogP contribution in [0.25, 0.3) is 0 Å². The maximum atomic E-state index is 12.7. The van der Waals surface area contributed by atoms with Crippen LogP contribution in [0.4, 0.5) is 0 Å². The molecule has 0 radical (unpaired) electrons. The number of carbonyl (C=O) groups excluding carboxylic acids is 1. The number of hydrogen-bond donors (Lipinski definition) is 0. The molecule has 0 spiro atoms. The first-order chi connectivity index (χ1) is 13.2. The highest BCUT2D eigenvalue weighted by molar-refractivity contribution is 6.30. The lowest BCUT2D eigenvalue weighted by Gasteiger charge is -2.32. The molecule has 0 atom stereocenters. The molecule has 4 rings (SSSR count). The van der Waals surface area contributed by atoms with E-state index >= 15 is 0 Å². The van der Waals surface area contributed by atoms with Gasteiger partial charge in [0.25, 0.3) is 0 Å². The Kier molecular flexibility index (Phi) is 5.82. The number of piperidine rings is 1. The van der Waals surface area contributed by atoms with Gasteiger partial charge in [-0.15, -0.1) is 0 Å². The van der Waals surface area contributed by atoms with Gasteiger partial charge in [-0.2, -0.15) is 0 Å². The molecule has 3 heterocycles. The van der Waals surface area contributed by atoms with Crippen molar-refractivity contribution in [3.05, 3.63) is 52.6 Å². The van der Waals surface area contributed by atoms with E-state index in [1.54, 1.807) is 0 Å². The van der Waals surface area contributed by atoms with Gasteiger partial charge < -0.3 is 9.47 Å². The van der Waals surface area contributed by atoms with Crippen LogP contribution in [-0.4, -0.2) is 33.4 Å². The van der Waals surface area contributed by atoms with Crippen molar-refractivity contribution >= 4 is 17.5 Å². The van der Waals surface area contributed by atoms with Crippen LogP contribution in [0.15, 0.2) is 30.5 Å². The number of amides is 1. The topological polar surface area (TPSA) is 38.1 Å². The first-order valence-corrected chi connectivity index (χ1v) is 10.6. The second-order valence-corrected chi connectivity index (χ2v) is 8.27. The smallest absolute Gasteiger partial charge is 0.222 e. The summed E-state index contributed by atoms with van der Waals surface area (Å²) < 4.78 is 2.35. The van der Waals surface area contributed by atoms with Crippen molar-refractivity contribution in [1.29, 1.82) is 0 Å². The van der Waals surface area contributed by atoms with Gasteiger partial charge in [-0.05, 0) is 55.7 Å². The van der Waals surface area contributed by atoms with Crippen LogP contribution >= 0.6 is 11.6 Å². The summed E-state index contributed by atoms with van der Waals surface area (Å²) in [7, 11) is 0. The van der Waals surface area contributed by atoms with E-state index in [0.29, 0.717) is 12.3 Å². The van der Waals surface area contributed by atoms with Crippen molar-refractivity contribution in [2.24, 2.45) is 0 Å². The number of hydrogen-bond acceptors (Lipinski definition) is 2. The van der Waals surface area contributed by atoms with Gasteiger partial charge in [0.2, 0.25) is 5.91 Å². The molecule has 2 aromatic rings. The maximum Gasteiger partial charge on any atom is 0.222 e. The molecule has 1 amide bonds. The number of nitrogens with zero attached hydrogens (tertiary/aromatic N) is 3. The number of halogens is 1. The number of aromatic nitrogens is 2. The monoisotopic (exact) mass is 385 g/mol. The summed E-state index contributed by atoms with van der Waals surface area (Å²) in [5, 5.41) is 0.782. The van der Waals surface area contributed by atoms with Crippen LogP contribution in [-0.2, 0) is 24.2 Å². The SMILES string of the molecule is O=C(CCc1cnc2n1CCCCC2)N1CCC(c2ccc(Cl)cc2)CC1. The number of fused-ring (bicyclic) bond motifs is 1. The van der Waals surface area contributed by atoms with Crippen LogP contribution in [0.5, 0.6) is 0 Å². The first-order valence-electron chi connectivity index (χ1n) is 10.3. The van der Waals surface area contributed by atoms with E-state index in [2.05, 4.69) is 21.7 Å². The molecular formula is C22H28ClN3O. The number of benzene rings is 1. The van der Waals surface area contributed by atoms with Gasteiger partial charge in [-0.25, -0.2) is 4.98 Å². The van der Waals surface area contributed by atoms with Crippen molar-refractivity contribution in [1.82, 2.24) is 14.5 Å². The van der Waals surface area contributed by atoms with Crippen LogP contribution < -0.4 is 0 Å². The fourth-order valence-corrected chi connectivity index (χ4v) is 4.57. The summed E-state index contributed by atoms with van der Waals surface area (Å²) in [6.07, 6.45) is 10.3. The summed E-state index contributed by atoms with van der Waals surface area (Å²) in [5.41, 5.74) is 2.57. The molecule has 0 N–H and O–H groups in total. The third-order valence-corrected chi connectivity index (χ3v) is 6.34. The highest BCUT2D eigenvalue weighted by Crippen LogP contribution is 2.29. The third kappa shape index (κ3) is 4.37. The van der Waals surface area contributed by atoms with Crippen molar-refractivity contribution in [2.75, 3.05) is 13.1 Å². The van der Waals surface area contributed by atoms with E-state index in [9.17, 15) is 4.79 Å². The largest absolute Gasteiger partial charge is 0.343 e. The molecule has 0 saturated carbocycles. The lowest BCUT2D eigenvalue weighted by molar-refractivity contribution is -0.132. The molecule has 1 fully saturated rings. The summed E-state index contributed by atoms with van der Waals surface area (Å²) in [4.78, 5) is 19.3. The number of imidazole rings is 1. The zero-order chi connectivity index (χ0) is 18.6. The summed E-state index contributed by atoms with van der Waals surface area (Å²) in [6, 6.07) is 8.16. The molecule has 0 aliphatic carbocycles. The summed E-state index contributed by atoms with van der Waals surface area (Å²) >= 11 is 5.99. The van der Waals surface area contributed by atoms with Crippen molar-refractivity contribution in [3.8, 4) is 0 Å². The van der Waals surface area contributed by atoms with Crippen LogP contribution in [0.1, 0.15) is 61.5 Å². The Labute approximate surface area is 166 Å². The molecule has 0 unspecified atom stereocenters. The fraction of sp³-hybridized carbons (Fsp3) is 0.545. The lowest BCUT2D eigenvalue weighted by atomic mass is 9.89. The number of carbonyl (C=O) groups is 1. The highest BCUT2D eigenvalue weighted by Gasteiger charge is 2.24. The molecule has 1 aromatic carbocycles. The quantitative estimate of drug-likeness (QED) is 0.771. The van der Waals surface area contributed by atoms with E-state index in [-0.39, 0.29) is 5.91 Å². The average Bonchev–Trinajstić information content (AvgIpc) is 2.93. The molecule has 1 saturated heterocycles. The molecule has 27 heavy (non-hydrogen) atoms. The standard InChI is InChI=1S/C22H28ClN3O/c23-19-7-5-17(6-8-19)18-11-14-25(15-12-18)22(27)10-9-20-16-24-21-4-2-1-3-13-26(20)21/h5-8,16,18H,1-4,9-15H2. The van der Waals surface area contributed by atoms with Crippen molar-refractivity contribution in [2.45, 2.75) is 63.8 Å². The fourth-order valence-electron chi connectivity index (χ4n) is 4.45. The molecule has 4 nitrogen and oxygen atoms in total. The van der Waals surface area contributed by atoms with Gasteiger partial charge >= 0.3 is 0 Å². The number of likely N-dealkylation sites (tertiary alicyclic amines) is 1. The van der Waals surface area contributed by atoms with E-state index in [4.69, 9.17) is 11.6 Å². The van der Waals surface area contributed by atoms with Gasteiger partial charge in [0.1, 0.15) is 5.82 Å². The summed E-state index contributed by atoms with van der Waals surface area (Å²) in [5.74, 6) is 2.03. The Hall–Kier alpha value is -1.81. The zero-order valence-electron chi connectivity index (χ0n) is 15.9. The molecule has 5 heteroatoms. The summed E-state index contributed by atoms with van der Waals surface area (Å²) in [6.45, 7) is 2.78. The molecule has 1 aromatic heterocycles. The molecule has 2 aliphatic heterocycles. The van der Waals surface area contributed by atoms with Gasteiger partial charge in [-0.1, -0.05) is 30.2 Å². The number of aryl methyl sites for hydroxylation is 2. The van der Waals surface area contributed by atoms with Gasteiger partial charge in [0.05, 0.1) is 0 Å². The normalized spacial score (nSPS) is 18.2. The minimum atomic E-state index is 0.286. The van der Waals surface area contributed by atoms with E-state index in [1.807, 2.05) is 23.2 Å². The zero-order valence-corrected chi connectivity index (χ0v) is 16.6. The average molecular weight is 386 g/mol. The second-order valence-electron chi connectivity index (χ2n) is 7.83. The predicted octanol–water partition coefficient (Wildman–Crippen LogP) is 4.60. The van der Waals surface area contributed by atoms with Gasteiger partial charge in [-0.3, -0.25) is 4.79 Å². The number of rotatable bonds is 4. The van der Waals surface area contributed by atoms with E-state index < -0.39 is 0 Å². The molecule has 2 aliphatic rings. The maximum absolute atomic E-state index is 12.7. The second kappa shape index (κ2) is 8.47. The highest BCUT2D eigenvalue weighted by atomic mass is 35.5. The van der Waals surface area contributed by atoms with Crippen LogP contribution in [0.2, 0.25) is 5.02 Å². The molecule has 0 bridgehead atoms. The molecule has 144 valence electrons. The first kappa shape index (κ1) is 18.5. The van der Waals surface area contributed by atoms with Gasteiger partial charge in [0.15, 0.2) is 0 Å². The van der Waals surface area contributed by atoms with Crippen molar-refractivity contribution < 1.29 is 4.79 Å². The Morgan fingerprint density at radius 3 is 2.63 bits per heavy atom. The third-order valence-electron chi connectivity index (χ3n) is 6.09. The van der Waals surface area contributed by atoms with E-state index in [0.717, 1.165) is 50.3 Å². The lowest BCUT2D eigenvalue weighted by Crippen LogP contribution is -2.38. The van der Waals surface area contributed by atoms with Crippen molar-refractivity contribution in [3.63, 3.8) is 0 Å². The Morgan fingerprint density at radius 2 is 1.85 bits per heavy atom. The minimum Gasteiger partial charge on any atom is -0.343 e. The Morgan fingerprint density at radius 1 is 1.07 bits per heavy atom. The Balaban J connectivity index is 1.29. The molecular weight excluding hydrogens is 358 g/mol. The van der Waals surface area contributed by atoms with Gasteiger partial charge in [0, 0.05) is 49.4 Å².